The lowest BCUT2D eigenvalue weighted by molar-refractivity contribution is -0.115. The van der Waals surface area contributed by atoms with Gasteiger partial charge in [-0.2, -0.15) is 0 Å². The van der Waals surface area contributed by atoms with Crippen LogP contribution in [0.4, 0.5) is 5.82 Å². The molecule has 0 spiro atoms. The molecule has 28 heavy (non-hydrogen) atoms. The molecule has 9 heteroatoms. The van der Waals surface area contributed by atoms with Gasteiger partial charge in [0.25, 0.3) is 0 Å². The molecule has 0 radical (unpaired) electrons. The fourth-order valence-corrected chi connectivity index (χ4v) is 3.03. The average molecular weight is 379 g/mol. The molecule has 3 heterocycles. The van der Waals surface area contributed by atoms with Gasteiger partial charge in [0.1, 0.15) is 12.1 Å². The van der Waals surface area contributed by atoms with Crippen molar-refractivity contribution in [2.24, 2.45) is 0 Å². The first kappa shape index (κ1) is 18.2. The van der Waals surface area contributed by atoms with Crippen LogP contribution in [0.2, 0.25) is 0 Å². The number of ether oxygens (including phenoxy) is 1. The van der Waals surface area contributed by atoms with E-state index in [2.05, 4.69) is 30.7 Å². The summed E-state index contributed by atoms with van der Waals surface area (Å²) >= 11 is 0. The van der Waals surface area contributed by atoms with Crippen LogP contribution in [0.25, 0.3) is 5.69 Å². The third-order valence-electron chi connectivity index (χ3n) is 4.52. The van der Waals surface area contributed by atoms with Gasteiger partial charge in [0.05, 0.1) is 25.3 Å². The van der Waals surface area contributed by atoms with Gasteiger partial charge >= 0.3 is 0 Å². The molecule has 9 nitrogen and oxygen atoms in total. The number of tetrazole rings is 1. The highest BCUT2D eigenvalue weighted by atomic mass is 16.5. The maximum Gasteiger partial charge on any atom is 0.229 e. The monoisotopic (exact) mass is 379 g/mol. The van der Waals surface area contributed by atoms with E-state index >= 15 is 0 Å². The number of hydrogen-bond donors (Lipinski definition) is 1. The second kappa shape index (κ2) is 8.68. The molecule has 4 rings (SSSR count). The van der Waals surface area contributed by atoms with Crippen molar-refractivity contribution in [2.45, 2.75) is 13.0 Å². The maximum absolute atomic E-state index is 12.3. The summed E-state index contributed by atoms with van der Waals surface area (Å²) in [6, 6.07) is 11.4. The third kappa shape index (κ3) is 4.76. The van der Waals surface area contributed by atoms with E-state index in [4.69, 9.17) is 4.74 Å². The molecule has 0 aliphatic carbocycles. The number of hydrogen-bond acceptors (Lipinski definition) is 7. The van der Waals surface area contributed by atoms with Gasteiger partial charge in [0, 0.05) is 25.8 Å². The van der Waals surface area contributed by atoms with E-state index in [-0.39, 0.29) is 12.3 Å². The largest absolute Gasteiger partial charge is 0.379 e. The molecule has 1 fully saturated rings. The molecule has 0 atom stereocenters. The maximum atomic E-state index is 12.3. The second-order valence-corrected chi connectivity index (χ2v) is 6.59. The number of carbonyl (C=O) groups is 1. The Balaban J connectivity index is 1.29. The zero-order valence-corrected chi connectivity index (χ0v) is 15.4. The minimum absolute atomic E-state index is 0.108. The van der Waals surface area contributed by atoms with Gasteiger partial charge < -0.3 is 10.1 Å². The molecular weight excluding hydrogens is 358 g/mol. The summed E-state index contributed by atoms with van der Waals surface area (Å²) in [7, 11) is 0. The fraction of sp³-hybridized carbons (Fsp3) is 0.316. The van der Waals surface area contributed by atoms with Crippen molar-refractivity contribution in [3.63, 3.8) is 0 Å². The molecule has 1 aliphatic rings. The quantitative estimate of drug-likeness (QED) is 0.684. The minimum atomic E-state index is -0.108. The average Bonchev–Trinajstić information content (AvgIpc) is 3.26. The number of benzene rings is 1. The van der Waals surface area contributed by atoms with Crippen molar-refractivity contribution in [3.8, 4) is 5.69 Å². The van der Waals surface area contributed by atoms with Crippen molar-refractivity contribution in [1.82, 2.24) is 30.1 Å². The number of rotatable bonds is 6. The van der Waals surface area contributed by atoms with Crippen molar-refractivity contribution in [3.05, 3.63) is 60.0 Å². The van der Waals surface area contributed by atoms with Crippen LogP contribution in [0.3, 0.4) is 0 Å². The van der Waals surface area contributed by atoms with Gasteiger partial charge in [-0.15, -0.1) is 5.10 Å². The Morgan fingerprint density at radius 3 is 2.54 bits per heavy atom. The topological polar surface area (TPSA) is 98.1 Å². The van der Waals surface area contributed by atoms with Crippen LogP contribution in [0, 0.1) is 0 Å². The molecule has 1 amide bonds. The molecule has 144 valence electrons. The summed E-state index contributed by atoms with van der Waals surface area (Å²) in [6.07, 6.45) is 3.61. The molecule has 0 bridgehead atoms. The predicted molar refractivity (Wildman–Crippen MR) is 102 cm³/mol. The lowest BCUT2D eigenvalue weighted by atomic mass is 10.1. The molecule has 1 saturated heterocycles. The van der Waals surface area contributed by atoms with E-state index < -0.39 is 0 Å². The summed E-state index contributed by atoms with van der Waals surface area (Å²) in [4.78, 5) is 19.0. The number of nitrogens with zero attached hydrogens (tertiary/aromatic N) is 6. The Labute approximate surface area is 162 Å². The summed E-state index contributed by atoms with van der Waals surface area (Å²) in [6.45, 7) is 4.27. The van der Waals surface area contributed by atoms with Crippen molar-refractivity contribution < 1.29 is 9.53 Å². The van der Waals surface area contributed by atoms with Gasteiger partial charge in [0.15, 0.2) is 0 Å². The Hall–Kier alpha value is -3.17. The van der Waals surface area contributed by atoms with Gasteiger partial charge in [-0.1, -0.05) is 18.2 Å². The van der Waals surface area contributed by atoms with Crippen LogP contribution in [-0.4, -0.2) is 62.3 Å². The van der Waals surface area contributed by atoms with E-state index in [0.717, 1.165) is 49.7 Å². The Bertz CT molecular complexity index is 889. The van der Waals surface area contributed by atoms with Crippen LogP contribution < -0.4 is 5.32 Å². The fourth-order valence-electron chi connectivity index (χ4n) is 3.03. The van der Waals surface area contributed by atoms with E-state index in [1.807, 2.05) is 42.6 Å². The lowest BCUT2D eigenvalue weighted by Gasteiger charge is -2.26. The molecule has 0 saturated carbocycles. The highest BCUT2D eigenvalue weighted by Gasteiger charge is 2.11. The molecule has 1 aromatic carbocycles. The van der Waals surface area contributed by atoms with Crippen molar-refractivity contribution >= 4 is 11.7 Å². The number of morpholine rings is 1. The second-order valence-electron chi connectivity index (χ2n) is 6.59. The predicted octanol–water partition coefficient (Wildman–Crippen LogP) is 1.07. The van der Waals surface area contributed by atoms with Crippen LogP contribution >= 0.6 is 0 Å². The van der Waals surface area contributed by atoms with Crippen LogP contribution in [0.1, 0.15) is 11.1 Å². The van der Waals surface area contributed by atoms with Crippen LogP contribution in [0.5, 0.6) is 0 Å². The molecule has 0 unspecified atom stereocenters. The molecule has 2 aromatic heterocycles. The third-order valence-corrected chi connectivity index (χ3v) is 4.52. The van der Waals surface area contributed by atoms with Gasteiger partial charge in [-0.05, 0) is 39.8 Å². The standard InChI is InChI=1S/C19H21N7O2/c27-19(11-15-1-4-17(5-2-15)26-14-21-23-24-26)22-18-6-3-16(12-20-18)13-25-7-9-28-10-8-25/h1-6,12,14H,7-11,13H2,(H,20,22,27). The molecule has 1 N–H and O–H groups in total. The highest BCUT2D eigenvalue weighted by Crippen LogP contribution is 2.11. The molecule has 1 aliphatic heterocycles. The summed E-state index contributed by atoms with van der Waals surface area (Å²) in [5.41, 5.74) is 2.86. The number of carbonyl (C=O) groups excluding carboxylic acids is 1. The molecular formula is C19H21N7O2. The summed E-state index contributed by atoms with van der Waals surface area (Å²) in [5, 5.41) is 13.9. The SMILES string of the molecule is O=C(Cc1ccc(-n2cnnn2)cc1)Nc1ccc(CN2CCOCC2)cn1. The van der Waals surface area contributed by atoms with Gasteiger partial charge in [-0.3, -0.25) is 9.69 Å². The van der Waals surface area contributed by atoms with Crippen LogP contribution in [-0.2, 0) is 22.5 Å². The first-order valence-corrected chi connectivity index (χ1v) is 9.13. The van der Waals surface area contributed by atoms with E-state index in [1.165, 1.54) is 6.33 Å². The van der Waals surface area contributed by atoms with E-state index in [9.17, 15) is 4.79 Å². The van der Waals surface area contributed by atoms with Crippen molar-refractivity contribution in [1.29, 1.82) is 0 Å². The smallest absolute Gasteiger partial charge is 0.229 e. The number of anilines is 1. The zero-order chi connectivity index (χ0) is 19.2. The number of aromatic nitrogens is 5. The highest BCUT2D eigenvalue weighted by molar-refractivity contribution is 5.91. The van der Waals surface area contributed by atoms with Gasteiger partial charge in [0.2, 0.25) is 5.91 Å². The Morgan fingerprint density at radius 2 is 1.86 bits per heavy atom. The van der Waals surface area contributed by atoms with E-state index in [0.29, 0.717) is 5.82 Å². The minimum Gasteiger partial charge on any atom is -0.379 e. The van der Waals surface area contributed by atoms with E-state index in [1.54, 1.807) is 4.68 Å². The first-order valence-electron chi connectivity index (χ1n) is 9.13. The Morgan fingerprint density at radius 1 is 1.07 bits per heavy atom. The first-order chi connectivity index (χ1) is 13.8. The van der Waals surface area contributed by atoms with Gasteiger partial charge in [-0.25, -0.2) is 9.67 Å². The lowest BCUT2D eigenvalue weighted by Crippen LogP contribution is -2.35. The number of pyridine rings is 1. The number of amides is 1. The Kier molecular flexibility index (Phi) is 5.64. The summed E-state index contributed by atoms with van der Waals surface area (Å²) < 4.78 is 6.92. The van der Waals surface area contributed by atoms with Crippen molar-refractivity contribution in [2.75, 3.05) is 31.6 Å². The van der Waals surface area contributed by atoms with Crippen LogP contribution in [0.15, 0.2) is 48.9 Å². The summed E-state index contributed by atoms with van der Waals surface area (Å²) in [5.74, 6) is 0.449. The number of nitrogens with one attached hydrogen (secondary N) is 1. The normalized spacial score (nSPS) is 14.7. The zero-order valence-electron chi connectivity index (χ0n) is 15.4. The molecule has 3 aromatic rings.